The number of hydrogen-bond donors (Lipinski definition) is 2. The average Bonchev–Trinajstić information content (AvgIpc) is 2.56. The third-order valence-electron chi connectivity index (χ3n) is 3.48. The average molecular weight is 349 g/mol. The van der Waals surface area contributed by atoms with Crippen LogP contribution in [0.15, 0.2) is 48.5 Å². The van der Waals surface area contributed by atoms with Crippen LogP contribution < -0.4 is 10.6 Å². The lowest BCUT2D eigenvalue weighted by atomic mass is 10.1. The van der Waals surface area contributed by atoms with Crippen molar-refractivity contribution in [3.05, 3.63) is 70.5 Å². The highest BCUT2D eigenvalue weighted by molar-refractivity contribution is 6.30. The first kappa shape index (κ1) is 17.9. The van der Waals surface area contributed by atoms with Crippen LogP contribution in [-0.2, 0) is 16.0 Å². The SMILES string of the molecule is C[C@H](NC(=O)CNC(=O)Cc1ccccc1)c1cccc(Cl)c1F. The van der Waals surface area contributed by atoms with Crippen LogP contribution in [0.2, 0.25) is 5.02 Å². The van der Waals surface area contributed by atoms with E-state index in [4.69, 9.17) is 11.6 Å². The van der Waals surface area contributed by atoms with Crippen molar-refractivity contribution in [2.24, 2.45) is 0 Å². The Kier molecular flexibility index (Phi) is 6.32. The summed E-state index contributed by atoms with van der Waals surface area (Å²) in [6.45, 7) is 1.48. The first-order valence-corrected chi connectivity index (χ1v) is 7.89. The molecule has 2 amide bonds. The molecule has 0 saturated heterocycles. The summed E-state index contributed by atoms with van der Waals surface area (Å²) in [6, 6.07) is 13.3. The summed E-state index contributed by atoms with van der Waals surface area (Å²) in [5.74, 6) is -1.21. The molecular formula is C18H18ClFN2O2. The number of carbonyl (C=O) groups is 2. The van der Waals surface area contributed by atoms with Crippen LogP contribution in [0.1, 0.15) is 24.1 Å². The van der Waals surface area contributed by atoms with Crippen LogP contribution in [0.25, 0.3) is 0 Å². The summed E-state index contributed by atoms with van der Waals surface area (Å²) >= 11 is 5.73. The molecule has 1 atom stereocenters. The summed E-state index contributed by atoms with van der Waals surface area (Å²) in [6.07, 6.45) is 0.201. The van der Waals surface area contributed by atoms with Gasteiger partial charge in [0.05, 0.1) is 24.0 Å². The van der Waals surface area contributed by atoms with Crippen LogP contribution in [0.5, 0.6) is 0 Å². The van der Waals surface area contributed by atoms with Crippen molar-refractivity contribution in [2.45, 2.75) is 19.4 Å². The van der Waals surface area contributed by atoms with E-state index < -0.39 is 17.8 Å². The molecule has 0 aliphatic carbocycles. The van der Waals surface area contributed by atoms with Crippen molar-refractivity contribution >= 4 is 23.4 Å². The summed E-state index contributed by atoms with van der Waals surface area (Å²) in [7, 11) is 0. The van der Waals surface area contributed by atoms with E-state index in [0.29, 0.717) is 5.56 Å². The highest BCUT2D eigenvalue weighted by Gasteiger charge is 2.15. The van der Waals surface area contributed by atoms with Crippen LogP contribution in [0, 0.1) is 5.82 Å². The van der Waals surface area contributed by atoms with Crippen molar-refractivity contribution in [1.29, 1.82) is 0 Å². The molecule has 0 radical (unpaired) electrons. The predicted octanol–water partition coefficient (Wildman–Crippen LogP) is 3.02. The molecule has 0 aromatic heterocycles. The molecule has 4 nitrogen and oxygen atoms in total. The monoisotopic (exact) mass is 348 g/mol. The summed E-state index contributed by atoms with van der Waals surface area (Å²) < 4.78 is 13.9. The van der Waals surface area contributed by atoms with E-state index in [9.17, 15) is 14.0 Å². The number of nitrogens with one attached hydrogen (secondary N) is 2. The van der Waals surface area contributed by atoms with Crippen LogP contribution in [0.3, 0.4) is 0 Å². The number of hydrogen-bond acceptors (Lipinski definition) is 2. The van der Waals surface area contributed by atoms with E-state index in [0.717, 1.165) is 5.56 Å². The van der Waals surface area contributed by atoms with Gasteiger partial charge in [0, 0.05) is 5.56 Å². The van der Waals surface area contributed by atoms with Gasteiger partial charge in [-0.2, -0.15) is 0 Å². The normalized spacial score (nSPS) is 11.6. The molecule has 6 heteroatoms. The smallest absolute Gasteiger partial charge is 0.239 e. The molecule has 2 aromatic carbocycles. The minimum Gasteiger partial charge on any atom is -0.348 e. The highest BCUT2D eigenvalue weighted by Crippen LogP contribution is 2.22. The highest BCUT2D eigenvalue weighted by atomic mass is 35.5. The number of amides is 2. The Morgan fingerprint density at radius 3 is 2.50 bits per heavy atom. The Bertz CT molecular complexity index is 722. The van der Waals surface area contributed by atoms with Crippen LogP contribution in [-0.4, -0.2) is 18.4 Å². The quantitative estimate of drug-likeness (QED) is 0.843. The van der Waals surface area contributed by atoms with Gasteiger partial charge in [-0.1, -0.05) is 54.1 Å². The van der Waals surface area contributed by atoms with Crippen molar-refractivity contribution in [1.82, 2.24) is 10.6 Å². The molecule has 0 aliphatic rings. The number of carbonyl (C=O) groups excluding carboxylic acids is 2. The first-order chi connectivity index (χ1) is 11.5. The maximum absolute atomic E-state index is 13.9. The van der Waals surface area contributed by atoms with E-state index in [-0.39, 0.29) is 23.9 Å². The van der Waals surface area contributed by atoms with Gasteiger partial charge in [-0.3, -0.25) is 9.59 Å². The fourth-order valence-corrected chi connectivity index (χ4v) is 2.43. The van der Waals surface area contributed by atoms with E-state index in [2.05, 4.69) is 10.6 Å². The first-order valence-electron chi connectivity index (χ1n) is 7.51. The molecule has 2 aromatic rings. The van der Waals surface area contributed by atoms with Crippen molar-refractivity contribution in [3.8, 4) is 0 Å². The van der Waals surface area contributed by atoms with Gasteiger partial charge < -0.3 is 10.6 Å². The summed E-state index contributed by atoms with van der Waals surface area (Å²) in [5, 5.41) is 5.18. The fraction of sp³-hybridized carbons (Fsp3) is 0.222. The van der Waals surface area contributed by atoms with E-state index >= 15 is 0 Å². The number of rotatable bonds is 6. The van der Waals surface area contributed by atoms with Crippen LogP contribution in [0.4, 0.5) is 4.39 Å². The van der Waals surface area contributed by atoms with Gasteiger partial charge in [-0.25, -0.2) is 4.39 Å². The molecule has 0 saturated carbocycles. The molecule has 0 fully saturated rings. The van der Waals surface area contributed by atoms with E-state index in [1.54, 1.807) is 19.1 Å². The lowest BCUT2D eigenvalue weighted by Gasteiger charge is -2.16. The predicted molar refractivity (Wildman–Crippen MR) is 91.1 cm³/mol. The molecular weight excluding hydrogens is 331 g/mol. The minimum atomic E-state index is -0.555. The second-order valence-corrected chi connectivity index (χ2v) is 5.78. The van der Waals surface area contributed by atoms with E-state index in [1.807, 2.05) is 30.3 Å². The maximum Gasteiger partial charge on any atom is 0.239 e. The lowest BCUT2D eigenvalue weighted by molar-refractivity contribution is -0.126. The van der Waals surface area contributed by atoms with E-state index in [1.165, 1.54) is 6.07 Å². The topological polar surface area (TPSA) is 58.2 Å². The van der Waals surface area contributed by atoms with Gasteiger partial charge in [0.2, 0.25) is 11.8 Å². The van der Waals surface area contributed by atoms with Gasteiger partial charge in [-0.15, -0.1) is 0 Å². The van der Waals surface area contributed by atoms with Crippen LogP contribution >= 0.6 is 11.6 Å². The zero-order valence-corrected chi connectivity index (χ0v) is 13.9. The maximum atomic E-state index is 13.9. The Morgan fingerprint density at radius 1 is 1.08 bits per heavy atom. The van der Waals surface area contributed by atoms with Gasteiger partial charge in [-0.05, 0) is 18.6 Å². The zero-order chi connectivity index (χ0) is 17.5. The largest absolute Gasteiger partial charge is 0.348 e. The second-order valence-electron chi connectivity index (χ2n) is 5.37. The number of benzene rings is 2. The Balaban J connectivity index is 1.82. The minimum absolute atomic E-state index is 0.00441. The Morgan fingerprint density at radius 2 is 1.79 bits per heavy atom. The fourth-order valence-electron chi connectivity index (χ4n) is 2.25. The van der Waals surface area contributed by atoms with Crippen molar-refractivity contribution in [2.75, 3.05) is 6.54 Å². The standard InChI is InChI=1S/C18H18ClFN2O2/c1-12(14-8-5-9-15(19)18(14)20)22-17(24)11-21-16(23)10-13-6-3-2-4-7-13/h2-9,12H,10-11H2,1H3,(H,21,23)(H,22,24)/t12-/m0/s1. The van der Waals surface area contributed by atoms with Gasteiger partial charge in [0.25, 0.3) is 0 Å². The van der Waals surface area contributed by atoms with Crippen molar-refractivity contribution < 1.29 is 14.0 Å². The molecule has 0 spiro atoms. The third kappa shape index (κ3) is 5.06. The molecule has 2 rings (SSSR count). The molecule has 0 aliphatic heterocycles. The number of halogens is 2. The van der Waals surface area contributed by atoms with Gasteiger partial charge >= 0.3 is 0 Å². The Hall–Kier alpha value is -2.40. The Labute approximate surface area is 145 Å². The zero-order valence-electron chi connectivity index (χ0n) is 13.2. The summed E-state index contributed by atoms with van der Waals surface area (Å²) in [4.78, 5) is 23.7. The molecule has 0 heterocycles. The van der Waals surface area contributed by atoms with Gasteiger partial charge in [0.15, 0.2) is 0 Å². The molecule has 126 valence electrons. The van der Waals surface area contributed by atoms with Crippen molar-refractivity contribution in [3.63, 3.8) is 0 Å². The molecule has 24 heavy (non-hydrogen) atoms. The molecule has 0 unspecified atom stereocenters. The second kappa shape index (κ2) is 8.45. The van der Waals surface area contributed by atoms with Gasteiger partial charge in [0.1, 0.15) is 5.82 Å². The summed E-state index contributed by atoms with van der Waals surface area (Å²) in [5.41, 5.74) is 1.16. The molecule has 0 bridgehead atoms. The molecule has 2 N–H and O–H groups in total. The lowest BCUT2D eigenvalue weighted by Crippen LogP contribution is -2.38. The third-order valence-corrected chi connectivity index (χ3v) is 3.77.